The van der Waals surface area contributed by atoms with Crippen LogP contribution in [0.25, 0.3) is 0 Å². The molecule has 1 aromatic carbocycles. The van der Waals surface area contributed by atoms with Crippen LogP contribution in [0.1, 0.15) is 52.1 Å². The van der Waals surface area contributed by atoms with E-state index in [2.05, 4.69) is 15.6 Å². The summed E-state index contributed by atoms with van der Waals surface area (Å²) in [7, 11) is 1.36. The van der Waals surface area contributed by atoms with Gasteiger partial charge >= 0.3 is 0 Å². The maximum absolute atomic E-state index is 13.5. The van der Waals surface area contributed by atoms with Crippen molar-refractivity contribution in [1.82, 2.24) is 15.6 Å². The first-order valence-electron chi connectivity index (χ1n) is 9.07. The number of carbonyl (C=O) groups is 2. The van der Waals surface area contributed by atoms with Crippen molar-refractivity contribution in [3.8, 4) is 5.75 Å². The fourth-order valence-corrected chi connectivity index (χ4v) is 3.48. The highest BCUT2D eigenvalue weighted by atomic mass is 19.1. The largest absolute Gasteiger partial charge is 0.494 e. The zero-order valence-corrected chi connectivity index (χ0v) is 15.5. The van der Waals surface area contributed by atoms with E-state index in [0.29, 0.717) is 17.5 Å². The third-order valence-corrected chi connectivity index (χ3v) is 4.96. The Hall–Kier alpha value is -2.83. The molecule has 1 aliphatic rings. The van der Waals surface area contributed by atoms with Gasteiger partial charge in [0.1, 0.15) is 0 Å². The molecule has 7 heteroatoms. The molecule has 1 fully saturated rings. The van der Waals surface area contributed by atoms with Crippen molar-refractivity contribution in [3.05, 3.63) is 53.1 Å². The Bertz CT molecular complexity index is 834. The molecule has 0 aliphatic heterocycles. The van der Waals surface area contributed by atoms with E-state index >= 15 is 0 Å². The topological polar surface area (TPSA) is 83.2 Å². The number of benzene rings is 1. The molecule has 6 nitrogen and oxygen atoms in total. The van der Waals surface area contributed by atoms with Gasteiger partial charge in [-0.2, -0.15) is 0 Å². The van der Waals surface area contributed by atoms with Crippen molar-refractivity contribution >= 4 is 11.8 Å². The van der Waals surface area contributed by atoms with E-state index < -0.39 is 5.82 Å². The fraction of sp³-hybridized carbons (Fsp3) is 0.400. The molecular formula is C20H24FN3O3. The minimum Gasteiger partial charge on any atom is -0.494 e. The van der Waals surface area contributed by atoms with Gasteiger partial charge in [0.25, 0.3) is 11.8 Å². The number of amides is 2. The number of H-pyrrole nitrogens is 1. The molecule has 3 rings (SSSR count). The van der Waals surface area contributed by atoms with Gasteiger partial charge in [-0.1, -0.05) is 0 Å². The maximum atomic E-state index is 13.5. The molecule has 27 heavy (non-hydrogen) atoms. The van der Waals surface area contributed by atoms with Gasteiger partial charge in [0.15, 0.2) is 11.6 Å². The van der Waals surface area contributed by atoms with Gasteiger partial charge in [0, 0.05) is 29.5 Å². The highest BCUT2D eigenvalue weighted by molar-refractivity contribution is 5.96. The second kappa shape index (κ2) is 8.24. The lowest BCUT2D eigenvalue weighted by molar-refractivity contribution is 0.0902. The molecule has 1 aliphatic carbocycles. The number of aromatic nitrogens is 1. The molecule has 1 heterocycles. The van der Waals surface area contributed by atoms with E-state index in [9.17, 15) is 14.0 Å². The number of hydrogen-bond donors (Lipinski definition) is 3. The molecule has 0 bridgehead atoms. The number of rotatable bonds is 5. The fourth-order valence-electron chi connectivity index (χ4n) is 3.48. The summed E-state index contributed by atoms with van der Waals surface area (Å²) in [6, 6.07) is 5.77. The van der Waals surface area contributed by atoms with Crippen LogP contribution < -0.4 is 15.4 Å². The van der Waals surface area contributed by atoms with Crippen LogP contribution in [0.3, 0.4) is 0 Å². The summed E-state index contributed by atoms with van der Waals surface area (Å²) in [6.45, 7) is 1.86. The minimum atomic E-state index is -0.505. The summed E-state index contributed by atoms with van der Waals surface area (Å²) in [5.74, 6) is -0.839. The Kier molecular flexibility index (Phi) is 5.78. The molecule has 2 amide bonds. The summed E-state index contributed by atoms with van der Waals surface area (Å²) >= 11 is 0. The Balaban J connectivity index is 1.59. The number of hydrogen-bond acceptors (Lipinski definition) is 3. The summed E-state index contributed by atoms with van der Waals surface area (Å²) in [6.07, 6.45) is 5.05. The van der Waals surface area contributed by atoms with Crippen LogP contribution in [0.5, 0.6) is 5.75 Å². The van der Waals surface area contributed by atoms with Gasteiger partial charge in [0.2, 0.25) is 0 Å². The van der Waals surface area contributed by atoms with E-state index in [1.807, 2.05) is 6.92 Å². The lowest BCUT2D eigenvalue weighted by Gasteiger charge is -2.30. The number of nitrogens with one attached hydrogen (secondary N) is 3. The first kappa shape index (κ1) is 18.9. The van der Waals surface area contributed by atoms with Crippen LogP contribution >= 0.6 is 0 Å². The van der Waals surface area contributed by atoms with Crippen molar-refractivity contribution in [2.45, 2.75) is 44.7 Å². The van der Waals surface area contributed by atoms with E-state index in [1.54, 1.807) is 12.3 Å². The molecule has 144 valence electrons. The Morgan fingerprint density at radius 3 is 2.48 bits per heavy atom. The maximum Gasteiger partial charge on any atom is 0.253 e. The smallest absolute Gasteiger partial charge is 0.253 e. The predicted octanol–water partition coefficient (Wildman–Crippen LogP) is 2.94. The van der Waals surface area contributed by atoms with Gasteiger partial charge in [0.05, 0.1) is 12.7 Å². The minimum absolute atomic E-state index is 0.00797. The van der Waals surface area contributed by atoms with E-state index in [0.717, 1.165) is 25.0 Å². The number of ether oxygens (including phenoxy) is 1. The second-order valence-electron chi connectivity index (χ2n) is 6.87. The molecule has 0 unspecified atom stereocenters. The lowest BCUT2D eigenvalue weighted by Crippen LogP contribution is -2.45. The highest BCUT2D eigenvalue weighted by Crippen LogP contribution is 2.22. The number of aromatic amines is 1. The van der Waals surface area contributed by atoms with Crippen molar-refractivity contribution in [1.29, 1.82) is 0 Å². The molecule has 2 atom stereocenters. The quantitative estimate of drug-likeness (QED) is 0.754. The van der Waals surface area contributed by atoms with E-state index in [-0.39, 0.29) is 29.6 Å². The highest BCUT2D eigenvalue weighted by Gasteiger charge is 2.25. The van der Waals surface area contributed by atoms with Gasteiger partial charge in [-0.05, 0) is 56.9 Å². The van der Waals surface area contributed by atoms with Crippen molar-refractivity contribution < 1.29 is 18.7 Å². The lowest BCUT2D eigenvalue weighted by atomic mass is 9.90. The third kappa shape index (κ3) is 4.48. The third-order valence-electron chi connectivity index (χ3n) is 4.96. The van der Waals surface area contributed by atoms with Gasteiger partial charge in [-0.25, -0.2) is 4.39 Å². The number of methoxy groups -OCH3 is 1. The molecule has 2 aromatic rings. The monoisotopic (exact) mass is 373 g/mol. The van der Waals surface area contributed by atoms with E-state index in [1.165, 1.54) is 25.3 Å². The Morgan fingerprint density at radius 1 is 1.15 bits per heavy atom. The summed E-state index contributed by atoms with van der Waals surface area (Å²) in [5, 5.41) is 6.03. The average molecular weight is 373 g/mol. The zero-order valence-electron chi connectivity index (χ0n) is 15.5. The standard InChI is InChI=1S/C20H24FN3O3/c1-12-16(8-9-22-12)20(26)24-15-5-3-4-14(11-15)23-19(25)13-6-7-17(21)18(10-13)27-2/h6-10,14-15,22H,3-5,11H2,1-2H3,(H,23,25)(H,24,26)/t14-,15-/m1/s1. The summed E-state index contributed by atoms with van der Waals surface area (Å²) in [5.41, 5.74) is 1.82. The average Bonchev–Trinajstić information content (AvgIpc) is 3.08. The number of carbonyl (C=O) groups excluding carboxylic acids is 2. The molecule has 1 aromatic heterocycles. The second-order valence-corrected chi connectivity index (χ2v) is 6.87. The molecule has 0 spiro atoms. The van der Waals surface area contributed by atoms with Gasteiger partial charge in [-0.15, -0.1) is 0 Å². The van der Waals surface area contributed by atoms with Crippen LogP contribution in [0.2, 0.25) is 0 Å². The van der Waals surface area contributed by atoms with Gasteiger partial charge < -0.3 is 20.4 Å². The summed E-state index contributed by atoms with van der Waals surface area (Å²) in [4.78, 5) is 27.9. The van der Waals surface area contributed by atoms with E-state index in [4.69, 9.17) is 4.74 Å². The van der Waals surface area contributed by atoms with Crippen molar-refractivity contribution in [2.75, 3.05) is 7.11 Å². The van der Waals surface area contributed by atoms with Gasteiger partial charge in [-0.3, -0.25) is 9.59 Å². The molecular weight excluding hydrogens is 349 g/mol. The molecule has 1 saturated carbocycles. The predicted molar refractivity (Wildman–Crippen MR) is 99.5 cm³/mol. The normalized spacial score (nSPS) is 19.4. The molecule has 0 radical (unpaired) electrons. The van der Waals surface area contributed by atoms with Crippen molar-refractivity contribution in [3.63, 3.8) is 0 Å². The van der Waals surface area contributed by atoms with Crippen LogP contribution in [-0.2, 0) is 0 Å². The molecule has 3 N–H and O–H groups in total. The summed E-state index contributed by atoms with van der Waals surface area (Å²) < 4.78 is 18.4. The number of aryl methyl sites for hydroxylation is 1. The van der Waals surface area contributed by atoms with Crippen molar-refractivity contribution in [2.24, 2.45) is 0 Å². The van der Waals surface area contributed by atoms with Crippen LogP contribution in [-0.4, -0.2) is 36.0 Å². The molecule has 0 saturated heterocycles. The first-order valence-corrected chi connectivity index (χ1v) is 9.07. The SMILES string of the molecule is COc1cc(C(=O)N[C@@H]2CCC[C@@H](NC(=O)c3cc[nH]c3C)C2)ccc1F. The zero-order chi connectivity index (χ0) is 19.4. The van der Waals surface area contributed by atoms with Crippen LogP contribution in [0.15, 0.2) is 30.5 Å². The number of halogens is 1. The Labute approximate surface area is 157 Å². The Morgan fingerprint density at radius 2 is 1.85 bits per heavy atom. The van der Waals surface area contributed by atoms with Crippen LogP contribution in [0.4, 0.5) is 4.39 Å². The van der Waals surface area contributed by atoms with Crippen LogP contribution in [0, 0.1) is 12.7 Å². The first-order chi connectivity index (χ1) is 13.0.